The van der Waals surface area contributed by atoms with Crippen molar-refractivity contribution in [2.45, 2.75) is 39.2 Å². The molecular formula is C19H29N3O. The number of rotatable bonds is 8. The lowest BCUT2D eigenvalue weighted by atomic mass is 10.1. The number of amides is 1. The standard InChI is InChI=1S/C19H29N3O/c1-15(2)22-14-16(17-9-5-6-10-18(17)22)8-7-11-19(23)20-12-13-21(3)4/h5-6,9-10,14-15H,7-8,11-13H2,1-4H3,(H,20,23). The minimum absolute atomic E-state index is 0.152. The van der Waals surface area contributed by atoms with E-state index in [1.807, 2.05) is 14.1 Å². The normalized spacial score (nSPS) is 11.6. The van der Waals surface area contributed by atoms with Gasteiger partial charge in [0.2, 0.25) is 5.91 Å². The zero-order chi connectivity index (χ0) is 16.8. The summed E-state index contributed by atoms with van der Waals surface area (Å²) in [6.45, 7) is 6.01. The summed E-state index contributed by atoms with van der Waals surface area (Å²) in [7, 11) is 4.02. The first-order valence-corrected chi connectivity index (χ1v) is 8.49. The van der Waals surface area contributed by atoms with Crippen molar-refractivity contribution >= 4 is 16.8 Å². The van der Waals surface area contributed by atoms with Gasteiger partial charge < -0.3 is 14.8 Å². The van der Waals surface area contributed by atoms with Gasteiger partial charge in [0.15, 0.2) is 0 Å². The molecule has 0 aliphatic carbocycles. The number of carbonyl (C=O) groups is 1. The van der Waals surface area contributed by atoms with E-state index in [2.05, 4.69) is 59.1 Å². The number of para-hydroxylation sites is 1. The van der Waals surface area contributed by atoms with Crippen LogP contribution in [-0.4, -0.2) is 42.6 Å². The van der Waals surface area contributed by atoms with E-state index in [0.29, 0.717) is 12.5 Å². The van der Waals surface area contributed by atoms with Crippen LogP contribution in [0, 0.1) is 0 Å². The second-order valence-electron chi connectivity index (χ2n) is 6.68. The Morgan fingerprint density at radius 2 is 2.00 bits per heavy atom. The van der Waals surface area contributed by atoms with Crippen LogP contribution in [0.2, 0.25) is 0 Å². The van der Waals surface area contributed by atoms with Crippen LogP contribution in [0.5, 0.6) is 0 Å². The number of aromatic nitrogens is 1. The van der Waals surface area contributed by atoms with Crippen molar-refractivity contribution in [1.82, 2.24) is 14.8 Å². The molecule has 2 rings (SSSR count). The summed E-state index contributed by atoms with van der Waals surface area (Å²) >= 11 is 0. The lowest BCUT2D eigenvalue weighted by Gasteiger charge is -2.10. The topological polar surface area (TPSA) is 37.3 Å². The third kappa shape index (κ3) is 4.83. The Bertz CT molecular complexity index is 643. The Kier molecular flexibility index (Phi) is 6.22. The molecule has 0 aliphatic rings. The van der Waals surface area contributed by atoms with Gasteiger partial charge in [0.05, 0.1) is 0 Å². The quantitative estimate of drug-likeness (QED) is 0.812. The van der Waals surface area contributed by atoms with Gasteiger partial charge in [0.1, 0.15) is 0 Å². The molecule has 1 heterocycles. The second-order valence-corrected chi connectivity index (χ2v) is 6.68. The first kappa shape index (κ1) is 17.5. The van der Waals surface area contributed by atoms with Crippen molar-refractivity contribution in [3.8, 4) is 0 Å². The smallest absolute Gasteiger partial charge is 0.220 e. The van der Waals surface area contributed by atoms with Crippen molar-refractivity contribution in [3.05, 3.63) is 36.0 Å². The fourth-order valence-corrected chi connectivity index (χ4v) is 2.85. The molecule has 0 spiro atoms. The van der Waals surface area contributed by atoms with Crippen molar-refractivity contribution in [1.29, 1.82) is 0 Å². The Morgan fingerprint density at radius 3 is 2.70 bits per heavy atom. The maximum absolute atomic E-state index is 11.9. The van der Waals surface area contributed by atoms with Gasteiger partial charge in [0.25, 0.3) is 0 Å². The van der Waals surface area contributed by atoms with Gasteiger partial charge in [0, 0.05) is 42.7 Å². The molecule has 0 fully saturated rings. The number of nitrogens with zero attached hydrogens (tertiary/aromatic N) is 2. The second kappa shape index (κ2) is 8.16. The predicted octanol–water partition coefficient (Wildman–Crippen LogP) is 3.22. The van der Waals surface area contributed by atoms with Gasteiger partial charge >= 0.3 is 0 Å². The summed E-state index contributed by atoms with van der Waals surface area (Å²) in [5.41, 5.74) is 2.63. The maximum Gasteiger partial charge on any atom is 0.220 e. The van der Waals surface area contributed by atoms with Crippen LogP contribution in [0.25, 0.3) is 10.9 Å². The number of hydrogen-bond donors (Lipinski definition) is 1. The van der Waals surface area contributed by atoms with Gasteiger partial charge in [-0.25, -0.2) is 0 Å². The van der Waals surface area contributed by atoms with E-state index in [0.717, 1.165) is 25.9 Å². The minimum atomic E-state index is 0.152. The van der Waals surface area contributed by atoms with Gasteiger partial charge in [-0.1, -0.05) is 18.2 Å². The van der Waals surface area contributed by atoms with E-state index in [1.54, 1.807) is 0 Å². The molecule has 1 aromatic heterocycles. The Balaban J connectivity index is 1.91. The minimum Gasteiger partial charge on any atom is -0.355 e. The first-order valence-electron chi connectivity index (χ1n) is 8.49. The monoisotopic (exact) mass is 315 g/mol. The number of hydrogen-bond acceptors (Lipinski definition) is 2. The van der Waals surface area contributed by atoms with Crippen molar-refractivity contribution in [2.24, 2.45) is 0 Å². The molecular weight excluding hydrogens is 286 g/mol. The number of nitrogens with one attached hydrogen (secondary N) is 1. The molecule has 4 nitrogen and oxygen atoms in total. The van der Waals surface area contributed by atoms with E-state index < -0.39 is 0 Å². The van der Waals surface area contributed by atoms with Gasteiger partial charge in [-0.2, -0.15) is 0 Å². The highest BCUT2D eigenvalue weighted by Gasteiger charge is 2.10. The molecule has 0 unspecified atom stereocenters. The molecule has 4 heteroatoms. The van der Waals surface area contributed by atoms with Gasteiger partial charge in [-0.15, -0.1) is 0 Å². The van der Waals surface area contributed by atoms with Crippen LogP contribution in [0.1, 0.15) is 38.3 Å². The molecule has 1 amide bonds. The molecule has 23 heavy (non-hydrogen) atoms. The molecule has 0 saturated carbocycles. The highest BCUT2D eigenvalue weighted by atomic mass is 16.1. The SMILES string of the molecule is CC(C)n1cc(CCCC(=O)NCCN(C)C)c2ccccc21. The maximum atomic E-state index is 11.9. The largest absolute Gasteiger partial charge is 0.355 e. The third-order valence-corrected chi connectivity index (χ3v) is 4.11. The average molecular weight is 315 g/mol. The number of benzene rings is 1. The van der Waals surface area contributed by atoms with Crippen LogP contribution in [0.4, 0.5) is 0 Å². The van der Waals surface area contributed by atoms with Gasteiger partial charge in [-0.05, 0) is 52.4 Å². The lowest BCUT2D eigenvalue weighted by molar-refractivity contribution is -0.121. The zero-order valence-corrected chi connectivity index (χ0v) is 14.8. The predicted molar refractivity (Wildman–Crippen MR) is 96.8 cm³/mol. The molecule has 0 radical (unpaired) electrons. The van der Waals surface area contributed by atoms with Crippen LogP contribution >= 0.6 is 0 Å². The molecule has 2 aromatic rings. The summed E-state index contributed by atoms with van der Waals surface area (Å²) in [6.07, 6.45) is 4.68. The molecule has 1 aromatic carbocycles. The third-order valence-electron chi connectivity index (χ3n) is 4.11. The molecule has 0 aliphatic heterocycles. The van der Waals surface area contributed by atoms with Crippen LogP contribution < -0.4 is 5.32 Å². The molecule has 0 bridgehead atoms. The van der Waals surface area contributed by atoms with E-state index in [9.17, 15) is 4.79 Å². The van der Waals surface area contributed by atoms with Crippen LogP contribution in [-0.2, 0) is 11.2 Å². The molecule has 1 N–H and O–H groups in total. The van der Waals surface area contributed by atoms with Crippen molar-refractivity contribution in [3.63, 3.8) is 0 Å². The highest BCUT2D eigenvalue weighted by Crippen LogP contribution is 2.25. The Morgan fingerprint density at radius 1 is 1.26 bits per heavy atom. The molecule has 0 atom stereocenters. The zero-order valence-electron chi connectivity index (χ0n) is 14.8. The molecule has 0 saturated heterocycles. The number of aryl methyl sites for hydroxylation is 1. The van der Waals surface area contributed by atoms with E-state index in [1.165, 1.54) is 16.5 Å². The van der Waals surface area contributed by atoms with E-state index in [-0.39, 0.29) is 5.91 Å². The average Bonchev–Trinajstić information content (AvgIpc) is 2.86. The van der Waals surface area contributed by atoms with Crippen LogP contribution in [0.3, 0.4) is 0 Å². The summed E-state index contributed by atoms with van der Waals surface area (Å²) in [4.78, 5) is 13.9. The summed E-state index contributed by atoms with van der Waals surface area (Å²) in [6, 6.07) is 8.98. The van der Waals surface area contributed by atoms with Gasteiger partial charge in [-0.3, -0.25) is 4.79 Å². The number of carbonyl (C=O) groups excluding carboxylic acids is 1. The van der Waals surface area contributed by atoms with E-state index in [4.69, 9.17) is 0 Å². The summed E-state index contributed by atoms with van der Waals surface area (Å²) < 4.78 is 2.32. The first-order chi connectivity index (χ1) is 11.0. The van der Waals surface area contributed by atoms with Crippen LogP contribution in [0.15, 0.2) is 30.5 Å². The Hall–Kier alpha value is -1.81. The Labute approximate surface area is 139 Å². The van der Waals surface area contributed by atoms with Crippen molar-refractivity contribution < 1.29 is 4.79 Å². The fraction of sp³-hybridized carbons (Fsp3) is 0.526. The highest BCUT2D eigenvalue weighted by molar-refractivity contribution is 5.84. The molecule has 126 valence electrons. The lowest BCUT2D eigenvalue weighted by Crippen LogP contribution is -2.31. The number of fused-ring (bicyclic) bond motifs is 1. The van der Waals surface area contributed by atoms with Crippen molar-refractivity contribution in [2.75, 3.05) is 27.2 Å². The van der Waals surface area contributed by atoms with E-state index >= 15 is 0 Å². The number of likely N-dealkylation sites (N-methyl/N-ethyl adjacent to an activating group) is 1. The summed E-state index contributed by atoms with van der Waals surface area (Å²) in [5, 5.41) is 4.29. The summed E-state index contributed by atoms with van der Waals surface area (Å²) in [5.74, 6) is 0.152. The fourth-order valence-electron chi connectivity index (χ4n) is 2.85.